The van der Waals surface area contributed by atoms with Crippen LogP contribution < -0.4 is 4.74 Å². The molecule has 2 unspecified atom stereocenters. The van der Waals surface area contributed by atoms with Crippen molar-refractivity contribution in [3.63, 3.8) is 0 Å². The first kappa shape index (κ1) is 19.3. The van der Waals surface area contributed by atoms with Crippen LogP contribution in [0.4, 0.5) is 0 Å². The van der Waals surface area contributed by atoms with Gasteiger partial charge in [0.15, 0.2) is 0 Å². The average molecular weight is 385 g/mol. The number of nitrogens with zero attached hydrogens (tertiary/aromatic N) is 1. The third-order valence-electron chi connectivity index (χ3n) is 4.82. The Morgan fingerprint density at radius 2 is 1.89 bits per heavy atom. The van der Waals surface area contributed by atoms with Gasteiger partial charge in [0.1, 0.15) is 11.0 Å². The summed E-state index contributed by atoms with van der Waals surface area (Å²) in [5.74, 6) is 0.152. The Morgan fingerprint density at radius 3 is 2.63 bits per heavy atom. The Kier molecular flexibility index (Phi) is 6.06. The summed E-state index contributed by atoms with van der Waals surface area (Å²) in [5.41, 5.74) is 1.69. The standard InChI is InChI=1S/C21H23NO4S/c1-14(21(24)25)27-19-10-6-4-8-17(19)20(23)22-12-11-15(13-22)16-7-3-5-9-18(16)26-2/h3-10,14-15H,11-13H2,1-2H3,(H,24,25). The van der Waals surface area contributed by atoms with Crippen molar-refractivity contribution >= 4 is 23.6 Å². The minimum absolute atomic E-state index is 0.0481. The highest BCUT2D eigenvalue weighted by atomic mass is 32.2. The van der Waals surface area contributed by atoms with Crippen molar-refractivity contribution < 1.29 is 19.4 Å². The first-order valence-corrected chi connectivity index (χ1v) is 9.80. The number of likely N-dealkylation sites (tertiary alicyclic amines) is 1. The minimum Gasteiger partial charge on any atom is -0.496 e. The Bertz CT molecular complexity index is 838. The van der Waals surface area contributed by atoms with E-state index in [-0.39, 0.29) is 11.8 Å². The Morgan fingerprint density at radius 1 is 1.19 bits per heavy atom. The van der Waals surface area contributed by atoms with Crippen LogP contribution in [0.3, 0.4) is 0 Å². The maximum absolute atomic E-state index is 13.1. The molecule has 27 heavy (non-hydrogen) atoms. The summed E-state index contributed by atoms with van der Waals surface area (Å²) in [7, 11) is 1.66. The molecule has 2 aromatic carbocycles. The highest BCUT2D eigenvalue weighted by Gasteiger charge is 2.30. The number of benzene rings is 2. The van der Waals surface area contributed by atoms with Gasteiger partial charge < -0.3 is 14.7 Å². The van der Waals surface area contributed by atoms with Crippen LogP contribution in [0.1, 0.15) is 35.2 Å². The lowest BCUT2D eigenvalue weighted by Gasteiger charge is -2.20. The fourth-order valence-electron chi connectivity index (χ4n) is 3.36. The van der Waals surface area contributed by atoms with Crippen molar-refractivity contribution in [3.8, 4) is 5.75 Å². The number of thioether (sulfide) groups is 1. The predicted octanol–water partition coefficient (Wildman–Crippen LogP) is 3.89. The SMILES string of the molecule is COc1ccccc1C1CCN(C(=O)c2ccccc2SC(C)C(=O)O)C1. The van der Waals surface area contributed by atoms with Crippen LogP contribution in [0.15, 0.2) is 53.4 Å². The van der Waals surface area contributed by atoms with E-state index in [1.165, 1.54) is 11.8 Å². The van der Waals surface area contributed by atoms with Gasteiger partial charge in [-0.2, -0.15) is 0 Å². The molecule has 0 aromatic heterocycles. The molecule has 2 aromatic rings. The van der Waals surface area contributed by atoms with Gasteiger partial charge in [-0.25, -0.2) is 0 Å². The monoisotopic (exact) mass is 385 g/mol. The average Bonchev–Trinajstić information content (AvgIpc) is 3.17. The van der Waals surface area contributed by atoms with Gasteiger partial charge in [-0.1, -0.05) is 30.3 Å². The molecule has 1 fully saturated rings. The molecule has 1 N–H and O–H groups in total. The van der Waals surface area contributed by atoms with Crippen molar-refractivity contribution in [1.82, 2.24) is 4.90 Å². The molecule has 0 aliphatic carbocycles. The molecule has 3 rings (SSSR count). The number of carbonyl (C=O) groups is 2. The van der Waals surface area contributed by atoms with Gasteiger partial charge in [-0.15, -0.1) is 11.8 Å². The van der Waals surface area contributed by atoms with E-state index in [1.54, 1.807) is 20.1 Å². The van der Waals surface area contributed by atoms with Gasteiger partial charge in [0, 0.05) is 23.9 Å². The van der Waals surface area contributed by atoms with Gasteiger partial charge in [-0.3, -0.25) is 9.59 Å². The molecule has 142 valence electrons. The zero-order valence-electron chi connectivity index (χ0n) is 15.4. The van der Waals surface area contributed by atoms with Crippen LogP contribution in [0.25, 0.3) is 0 Å². The summed E-state index contributed by atoms with van der Waals surface area (Å²) in [5, 5.41) is 8.55. The van der Waals surface area contributed by atoms with Gasteiger partial charge in [-0.05, 0) is 37.1 Å². The van der Waals surface area contributed by atoms with E-state index in [2.05, 4.69) is 6.07 Å². The molecule has 1 amide bonds. The van der Waals surface area contributed by atoms with Gasteiger partial charge in [0.2, 0.25) is 0 Å². The zero-order valence-corrected chi connectivity index (χ0v) is 16.2. The molecular formula is C21H23NO4S. The Balaban J connectivity index is 1.77. The maximum Gasteiger partial charge on any atom is 0.316 e. The van der Waals surface area contributed by atoms with Gasteiger partial charge >= 0.3 is 5.97 Å². The van der Waals surface area contributed by atoms with E-state index in [0.717, 1.165) is 17.7 Å². The van der Waals surface area contributed by atoms with Gasteiger partial charge in [0.05, 0.1) is 12.7 Å². The van der Waals surface area contributed by atoms with E-state index in [4.69, 9.17) is 9.84 Å². The first-order valence-electron chi connectivity index (χ1n) is 8.92. The third kappa shape index (κ3) is 4.27. The number of para-hydroxylation sites is 1. The van der Waals surface area contributed by atoms with E-state index < -0.39 is 11.2 Å². The maximum atomic E-state index is 13.1. The number of aliphatic carboxylic acids is 1. The number of methoxy groups -OCH3 is 1. The molecule has 0 bridgehead atoms. The summed E-state index contributed by atoms with van der Waals surface area (Å²) in [6.07, 6.45) is 0.882. The second-order valence-corrected chi connectivity index (χ2v) is 7.96. The van der Waals surface area contributed by atoms with E-state index in [1.807, 2.05) is 41.3 Å². The number of ether oxygens (including phenoxy) is 1. The molecular weight excluding hydrogens is 362 g/mol. The van der Waals surface area contributed by atoms with E-state index in [0.29, 0.717) is 23.5 Å². The summed E-state index contributed by atoms with van der Waals surface area (Å²) < 4.78 is 5.46. The van der Waals surface area contributed by atoms with Crippen LogP contribution >= 0.6 is 11.8 Å². The van der Waals surface area contributed by atoms with Crippen molar-refractivity contribution in [3.05, 3.63) is 59.7 Å². The number of carboxylic acid groups (broad SMARTS) is 1. The van der Waals surface area contributed by atoms with Crippen molar-refractivity contribution in [2.24, 2.45) is 0 Å². The highest BCUT2D eigenvalue weighted by molar-refractivity contribution is 8.00. The normalized spacial score (nSPS) is 17.6. The summed E-state index contributed by atoms with van der Waals surface area (Å²) in [6.45, 7) is 2.93. The second-order valence-electron chi connectivity index (χ2n) is 6.57. The molecule has 1 aliphatic heterocycles. The highest BCUT2D eigenvalue weighted by Crippen LogP contribution is 2.35. The van der Waals surface area contributed by atoms with Crippen LogP contribution in [-0.2, 0) is 4.79 Å². The number of carboxylic acids is 1. The molecule has 0 radical (unpaired) electrons. The molecule has 0 spiro atoms. The van der Waals surface area contributed by atoms with Crippen molar-refractivity contribution in [1.29, 1.82) is 0 Å². The molecule has 1 aliphatic rings. The topological polar surface area (TPSA) is 66.8 Å². The number of hydrogen-bond donors (Lipinski definition) is 1. The Labute approximate surface area is 163 Å². The summed E-state index contributed by atoms with van der Waals surface area (Å²) >= 11 is 1.20. The largest absolute Gasteiger partial charge is 0.496 e. The quantitative estimate of drug-likeness (QED) is 0.764. The number of hydrogen-bond acceptors (Lipinski definition) is 4. The first-order chi connectivity index (χ1) is 13.0. The van der Waals surface area contributed by atoms with Gasteiger partial charge in [0.25, 0.3) is 5.91 Å². The molecule has 1 heterocycles. The molecule has 6 heteroatoms. The lowest BCUT2D eigenvalue weighted by molar-refractivity contribution is -0.136. The van der Waals surface area contributed by atoms with Crippen LogP contribution in [-0.4, -0.2) is 47.3 Å². The summed E-state index contributed by atoms with van der Waals surface area (Å²) in [4.78, 5) is 26.8. The summed E-state index contributed by atoms with van der Waals surface area (Å²) in [6, 6.07) is 15.2. The van der Waals surface area contributed by atoms with E-state index in [9.17, 15) is 9.59 Å². The minimum atomic E-state index is -0.889. The Hall–Kier alpha value is -2.47. The lowest BCUT2D eigenvalue weighted by atomic mass is 9.97. The number of rotatable bonds is 6. The number of amides is 1. The fourth-order valence-corrected chi connectivity index (χ4v) is 4.28. The molecule has 5 nitrogen and oxygen atoms in total. The van der Waals surface area contributed by atoms with E-state index >= 15 is 0 Å². The third-order valence-corrected chi connectivity index (χ3v) is 5.99. The van der Waals surface area contributed by atoms with Crippen LogP contribution in [0.2, 0.25) is 0 Å². The van der Waals surface area contributed by atoms with Crippen molar-refractivity contribution in [2.45, 2.75) is 29.4 Å². The second kappa shape index (κ2) is 8.48. The molecule has 1 saturated heterocycles. The smallest absolute Gasteiger partial charge is 0.316 e. The van der Waals surface area contributed by atoms with Crippen LogP contribution in [0.5, 0.6) is 5.75 Å². The molecule has 0 saturated carbocycles. The van der Waals surface area contributed by atoms with Crippen molar-refractivity contribution in [2.75, 3.05) is 20.2 Å². The zero-order chi connectivity index (χ0) is 19.4. The van der Waals surface area contributed by atoms with Crippen LogP contribution in [0, 0.1) is 0 Å². The molecule has 2 atom stereocenters. The predicted molar refractivity (Wildman–Crippen MR) is 106 cm³/mol. The lowest BCUT2D eigenvalue weighted by Crippen LogP contribution is -2.29. The number of carbonyl (C=O) groups excluding carboxylic acids is 1. The fraction of sp³-hybridized carbons (Fsp3) is 0.333.